The molecule has 4 rings (SSSR count). The van der Waals surface area contributed by atoms with E-state index in [-0.39, 0.29) is 36.8 Å². The molecule has 0 heterocycles. The van der Waals surface area contributed by atoms with Crippen LogP contribution in [0.25, 0.3) is 11.1 Å². The average molecular weight is 479 g/mol. The van der Waals surface area contributed by atoms with Crippen molar-refractivity contribution in [1.82, 2.24) is 10.2 Å². The van der Waals surface area contributed by atoms with Gasteiger partial charge in [0.1, 0.15) is 6.61 Å². The smallest absolute Gasteiger partial charge is 0.407 e. The quantitative estimate of drug-likeness (QED) is 0.540. The van der Waals surface area contributed by atoms with Crippen LogP contribution in [0.5, 0.6) is 0 Å². The summed E-state index contributed by atoms with van der Waals surface area (Å²) >= 11 is 0. The van der Waals surface area contributed by atoms with E-state index < -0.39 is 12.1 Å². The highest BCUT2D eigenvalue weighted by Crippen LogP contribution is 2.44. The molecule has 2 amide bonds. The Balaban J connectivity index is 1.32. The zero-order valence-corrected chi connectivity index (χ0v) is 20.2. The molecule has 0 spiro atoms. The van der Waals surface area contributed by atoms with Crippen LogP contribution < -0.4 is 5.32 Å². The topological polar surface area (TPSA) is 95.9 Å². The summed E-state index contributed by atoms with van der Waals surface area (Å²) in [6.45, 7) is 0.685. The second-order valence-electron chi connectivity index (χ2n) is 9.64. The molecule has 0 radical (unpaired) electrons. The van der Waals surface area contributed by atoms with E-state index in [2.05, 4.69) is 29.6 Å². The van der Waals surface area contributed by atoms with Crippen LogP contribution in [-0.2, 0) is 14.3 Å². The van der Waals surface area contributed by atoms with E-state index >= 15 is 0 Å². The summed E-state index contributed by atoms with van der Waals surface area (Å²) in [5, 5.41) is 11.8. The number of alkyl carbamates (subject to hydrolysis) is 1. The van der Waals surface area contributed by atoms with Crippen molar-refractivity contribution in [3.63, 3.8) is 0 Å². The molecule has 7 nitrogen and oxygen atoms in total. The van der Waals surface area contributed by atoms with Crippen LogP contribution in [0.3, 0.4) is 0 Å². The van der Waals surface area contributed by atoms with Crippen LogP contribution in [0.4, 0.5) is 4.79 Å². The minimum Gasteiger partial charge on any atom is -0.481 e. The summed E-state index contributed by atoms with van der Waals surface area (Å²) in [6, 6.07) is 16.4. The lowest BCUT2D eigenvalue weighted by molar-refractivity contribution is -0.138. The fourth-order valence-corrected chi connectivity index (χ4v) is 5.41. The largest absolute Gasteiger partial charge is 0.481 e. The maximum absolute atomic E-state index is 12.8. The Morgan fingerprint density at radius 3 is 2.29 bits per heavy atom. The third-order valence-electron chi connectivity index (χ3n) is 7.30. The first-order valence-electron chi connectivity index (χ1n) is 12.5. The number of hydrogen-bond acceptors (Lipinski definition) is 4. The summed E-state index contributed by atoms with van der Waals surface area (Å²) in [5.41, 5.74) is 4.73. The molecule has 2 aromatic carbocycles. The van der Waals surface area contributed by atoms with Gasteiger partial charge >= 0.3 is 12.1 Å². The first-order chi connectivity index (χ1) is 16.9. The van der Waals surface area contributed by atoms with E-state index in [1.165, 1.54) is 22.3 Å². The number of nitrogens with one attached hydrogen (secondary N) is 1. The van der Waals surface area contributed by atoms with Crippen LogP contribution in [0.1, 0.15) is 62.0 Å². The first-order valence-corrected chi connectivity index (χ1v) is 12.5. The van der Waals surface area contributed by atoms with Crippen LogP contribution in [0.15, 0.2) is 48.5 Å². The molecule has 2 N–H and O–H groups in total. The summed E-state index contributed by atoms with van der Waals surface area (Å²) in [4.78, 5) is 37.8. The SMILES string of the molecule is CN(CCCC(=O)O)C(=O)C[C@@H]1CCCC[C@@H]1NC(=O)OCC1c2ccccc2-c2ccccc21. The molecule has 0 unspecified atom stereocenters. The molecular weight excluding hydrogens is 444 g/mol. The van der Waals surface area contributed by atoms with E-state index in [0.29, 0.717) is 19.4 Å². The van der Waals surface area contributed by atoms with E-state index in [9.17, 15) is 14.4 Å². The lowest BCUT2D eigenvalue weighted by Gasteiger charge is -2.32. The molecule has 1 saturated carbocycles. The van der Waals surface area contributed by atoms with Crippen molar-refractivity contribution in [2.45, 2.75) is 56.9 Å². The lowest BCUT2D eigenvalue weighted by atomic mass is 9.82. The monoisotopic (exact) mass is 478 g/mol. The molecule has 186 valence electrons. The number of aliphatic carboxylic acids is 1. The first kappa shape index (κ1) is 24.8. The van der Waals surface area contributed by atoms with Crippen LogP contribution in [0, 0.1) is 5.92 Å². The van der Waals surface area contributed by atoms with Crippen LogP contribution in [-0.4, -0.2) is 54.2 Å². The van der Waals surface area contributed by atoms with Gasteiger partial charge in [0.25, 0.3) is 0 Å². The number of carbonyl (C=O) groups excluding carboxylic acids is 2. The molecular formula is C28H34N2O5. The highest BCUT2D eigenvalue weighted by molar-refractivity contribution is 5.79. The third-order valence-corrected chi connectivity index (χ3v) is 7.30. The summed E-state index contributed by atoms with van der Waals surface area (Å²) in [6.07, 6.45) is 4.13. The third kappa shape index (κ3) is 6.02. The molecule has 0 saturated heterocycles. The number of ether oxygens (including phenoxy) is 1. The zero-order valence-electron chi connectivity index (χ0n) is 20.2. The van der Waals surface area contributed by atoms with Gasteiger partial charge in [0.2, 0.25) is 5.91 Å². The number of amides is 2. The molecule has 2 atom stereocenters. The summed E-state index contributed by atoms with van der Waals surface area (Å²) in [5.74, 6) is -0.804. The highest BCUT2D eigenvalue weighted by atomic mass is 16.5. The van der Waals surface area contributed by atoms with E-state index in [0.717, 1.165) is 25.7 Å². The Labute approximate surface area is 206 Å². The van der Waals surface area contributed by atoms with E-state index in [1.54, 1.807) is 11.9 Å². The molecule has 2 aliphatic carbocycles. The van der Waals surface area contributed by atoms with Crippen molar-refractivity contribution < 1.29 is 24.2 Å². The van der Waals surface area contributed by atoms with Gasteiger partial charge in [0.15, 0.2) is 0 Å². The van der Waals surface area contributed by atoms with Gasteiger partial charge in [0, 0.05) is 38.4 Å². The second-order valence-corrected chi connectivity index (χ2v) is 9.64. The number of nitrogens with zero attached hydrogens (tertiary/aromatic N) is 1. The lowest BCUT2D eigenvalue weighted by Crippen LogP contribution is -2.44. The molecule has 7 heteroatoms. The van der Waals surface area contributed by atoms with Crippen LogP contribution >= 0.6 is 0 Å². The van der Waals surface area contributed by atoms with Crippen LogP contribution in [0.2, 0.25) is 0 Å². The van der Waals surface area contributed by atoms with Gasteiger partial charge in [-0.3, -0.25) is 9.59 Å². The van der Waals surface area contributed by atoms with Gasteiger partial charge in [-0.2, -0.15) is 0 Å². The molecule has 0 aliphatic heterocycles. The molecule has 0 bridgehead atoms. The van der Waals surface area contributed by atoms with Crippen molar-refractivity contribution >= 4 is 18.0 Å². The molecule has 2 aliphatic rings. The normalized spacial score (nSPS) is 18.9. The number of rotatable bonds is 9. The fourth-order valence-electron chi connectivity index (χ4n) is 5.41. The summed E-state index contributed by atoms with van der Waals surface area (Å²) < 4.78 is 5.72. The Bertz CT molecular complexity index is 1020. The highest BCUT2D eigenvalue weighted by Gasteiger charge is 2.32. The number of fused-ring (bicyclic) bond motifs is 3. The maximum Gasteiger partial charge on any atom is 0.407 e. The molecule has 35 heavy (non-hydrogen) atoms. The minimum absolute atomic E-state index is 0.0105. The Hall–Kier alpha value is -3.35. The van der Waals surface area contributed by atoms with E-state index in [1.807, 2.05) is 24.3 Å². The van der Waals surface area contributed by atoms with Crippen molar-refractivity contribution in [3.8, 4) is 11.1 Å². The average Bonchev–Trinajstić information content (AvgIpc) is 3.17. The number of carboxylic acids is 1. The number of carboxylic acid groups (broad SMARTS) is 1. The standard InChI is InChI=1S/C28H34N2O5/c1-30(16-8-15-27(32)33)26(31)17-19-9-2-7-14-25(19)29-28(34)35-18-24-22-12-5-3-10-20(22)21-11-4-6-13-23(21)24/h3-6,10-13,19,24-25H,2,7-9,14-18H2,1H3,(H,29,34)(H,32,33)/t19-,25-/m0/s1. The fraction of sp³-hybridized carbons (Fsp3) is 0.464. The van der Waals surface area contributed by atoms with Gasteiger partial charge < -0.3 is 20.1 Å². The zero-order chi connectivity index (χ0) is 24.8. The molecule has 1 fully saturated rings. The minimum atomic E-state index is -0.856. The number of benzene rings is 2. The van der Waals surface area contributed by atoms with Gasteiger partial charge in [-0.25, -0.2) is 4.79 Å². The van der Waals surface area contributed by atoms with Gasteiger partial charge in [-0.15, -0.1) is 0 Å². The van der Waals surface area contributed by atoms with E-state index in [4.69, 9.17) is 9.84 Å². The second kappa shape index (κ2) is 11.4. The Kier molecular flexibility index (Phi) is 8.06. The van der Waals surface area contributed by atoms with Crippen molar-refractivity contribution in [2.24, 2.45) is 5.92 Å². The van der Waals surface area contributed by atoms with Crippen molar-refractivity contribution in [1.29, 1.82) is 0 Å². The van der Waals surface area contributed by atoms with Crippen molar-refractivity contribution in [3.05, 3.63) is 59.7 Å². The van der Waals surface area contributed by atoms with Gasteiger partial charge in [0.05, 0.1) is 0 Å². The maximum atomic E-state index is 12.8. The predicted octanol–water partition coefficient (Wildman–Crippen LogP) is 4.80. The predicted molar refractivity (Wildman–Crippen MR) is 133 cm³/mol. The molecule has 2 aromatic rings. The Morgan fingerprint density at radius 2 is 1.63 bits per heavy atom. The summed E-state index contributed by atoms with van der Waals surface area (Å²) in [7, 11) is 1.71. The van der Waals surface area contributed by atoms with Gasteiger partial charge in [-0.1, -0.05) is 61.4 Å². The number of hydrogen-bond donors (Lipinski definition) is 2. The number of carbonyl (C=O) groups is 3. The Morgan fingerprint density at radius 1 is 1.00 bits per heavy atom. The molecule has 0 aromatic heterocycles. The van der Waals surface area contributed by atoms with Gasteiger partial charge in [-0.05, 0) is 47.4 Å². The van der Waals surface area contributed by atoms with Crippen molar-refractivity contribution in [2.75, 3.05) is 20.2 Å².